The Balaban J connectivity index is 1.81. The van der Waals surface area contributed by atoms with E-state index in [1.54, 1.807) is 18.2 Å². The van der Waals surface area contributed by atoms with Crippen LogP contribution in [0.4, 0.5) is 10.1 Å². The molecular formula is C19H15FN2O2. The SMILES string of the molecule is Cc1ccc(Oc2ccccc2NC(=O)c2ccnc(F)c2)cc1. The minimum atomic E-state index is -0.702. The van der Waals surface area contributed by atoms with E-state index in [0.29, 0.717) is 17.2 Å². The van der Waals surface area contributed by atoms with Crippen molar-refractivity contribution in [3.8, 4) is 11.5 Å². The minimum absolute atomic E-state index is 0.188. The summed E-state index contributed by atoms with van der Waals surface area (Å²) in [4.78, 5) is 15.7. The topological polar surface area (TPSA) is 51.2 Å². The third-order valence-corrected chi connectivity index (χ3v) is 3.37. The molecule has 0 bridgehead atoms. The van der Waals surface area contributed by atoms with Crippen LogP contribution in [0.1, 0.15) is 15.9 Å². The smallest absolute Gasteiger partial charge is 0.255 e. The standard InChI is InChI=1S/C19H15FN2O2/c1-13-6-8-15(9-7-13)24-17-5-3-2-4-16(17)22-19(23)14-10-11-21-18(20)12-14/h2-12H,1H3,(H,22,23). The number of hydrogen-bond acceptors (Lipinski definition) is 3. The average Bonchev–Trinajstić information content (AvgIpc) is 2.58. The molecule has 5 heteroatoms. The Morgan fingerprint density at radius 2 is 1.83 bits per heavy atom. The first-order valence-corrected chi connectivity index (χ1v) is 7.38. The maximum Gasteiger partial charge on any atom is 0.255 e. The van der Waals surface area contributed by atoms with Crippen LogP contribution >= 0.6 is 0 Å². The minimum Gasteiger partial charge on any atom is -0.455 e. The van der Waals surface area contributed by atoms with Gasteiger partial charge in [0.15, 0.2) is 5.75 Å². The number of ether oxygens (including phenoxy) is 1. The zero-order valence-corrected chi connectivity index (χ0v) is 13.0. The molecular weight excluding hydrogens is 307 g/mol. The van der Waals surface area contributed by atoms with Crippen molar-refractivity contribution in [1.82, 2.24) is 4.98 Å². The Bertz CT molecular complexity index is 863. The van der Waals surface area contributed by atoms with Crippen LogP contribution in [-0.4, -0.2) is 10.9 Å². The Morgan fingerprint density at radius 3 is 2.58 bits per heavy atom. The third-order valence-electron chi connectivity index (χ3n) is 3.37. The largest absolute Gasteiger partial charge is 0.455 e. The van der Waals surface area contributed by atoms with Crippen molar-refractivity contribution in [2.75, 3.05) is 5.32 Å². The number of aryl methyl sites for hydroxylation is 1. The van der Waals surface area contributed by atoms with Crippen molar-refractivity contribution in [2.24, 2.45) is 0 Å². The second kappa shape index (κ2) is 6.91. The van der Waals surface area contributed by atoms with Crippen molar-refractivity contribution in [1.29, 1.82) is 0 Å². The fourth-order valence-corrected chi connectivity index (χ4v) is 2.13. The number of halogens is 1. The van der Waals surface area contributed by atoms with Gasteiger partial charge in [0.1, 0.15) is 5.75 Å². The fraction of sp³-hybridized carbons (Fsp3) is 0.0526. The number of aromatic nitrogens is 1. The molecule has 1 amide bonds. The van der Waals surface area contributed by atoms with Crippen LogP contribution in [-0.2, 0) is 0 Å². The molecule has 0 atom stereocenters. The number of para-hydroxylation sites is 2. The van der Waals surface area contributed by atoms with E-state index in [1.165, 1.54) is 12.3 Å². The lowest BCUT2D eigenvalue weighted by Gasteiger charge is -2.12. The van der Waals surface area contributed by atoms with Gasteiger partial charge in [0, 0.05) is 17.8 Å². The van der Waals surface area contributed by atoms with Crippen LogP contribution in [0.25, 0.3) is 0 Å². The van der Waals surface area contributed by atoms with Crippen molar-refractivity contribution in [2.45, 2.75) is 6.92 Å². The molecule has 0 radical (unpaired) electrons. The molecule has 24 heavy (non-hydrogen) atoms. The maximum absolute atomic E-state index is 13.1. The third kappa shape index (κ3) is 3.76. The number of amides is 1. The van der Waals surface area contributed by atoms with Gasteiger partial charge in [-0.05, 0) is 37.3 Å². The number of hydrogen-bond donors (Lipinski definition) is 1. The van der Waals surface area contributed by atoms with Gasteiger partial charge in [0.05, 0.1) is 5.69 Å². The van der Waals surface area contributed by atoms with E-state index in [-0.39, 0.29) is 5.56 Å². The summed E-state index contributed by atoms with van der Waals surface area (Å²) in [6.45, 7) is 1.99. The van der Waals surface area contributed by atoms with Crippen LogP contribution in [0.15, 0.2) is 66.9 Å². The molecule has 0 saturated carbocycles. The second-order valence-corrected chi connectivity index (χ2v) is 5.23. The maximum atomic E-state index is 13.1. The number of anilines is 1. The molecule has 0 spiro atoms. The van der Waals surface area contributed by atoms with Crippen LogP contribution in [0.5, 0.6) is 11.5 Å². The van der Waals surface area contributed by atoms with Gasteiger partial charge in [-0.3, -0.25) is 4.79 Å². The highest BCUT2D eigenvalue weighted by Crippen LogP contribution is 2.29. The van der Waals surface area contributed by atoms with Crippen molar-refractivity contribution in [3.63, 3.8) is 0 Å². The summed E-state index contributed by atoms with van der Waals surface area (Å²) in [6.07, 6.45) is 1.25. The lowest BCUT2D eigenvalue weighted by atomic mass is 10.2. The molecule has 3 rings (SSSR count). The van der Waals surface area contributed by atoms with E-state index in [0.717, 1.165) is 11.6 Å². The molecule has 2 aromatic carbocycles. The van der Waals surface area contributed by atoms with Crippen LogP contribution < -0.4 is 10.1 Å². The summed E-state index contributed by atoms with van der Waals surface area (Å²) < 4.78 is 19.0. The quantitative estimate of drug-likeness (QED) is 0.716. The molecule has 0 aliphatic carbocycles. The number of nitrogens with zero attached hydrogens (tertiary/aromatic N) is 1. The monoisotopic (exact) mass is 322 g/mol. The highest BCUT2D eigenvalue weighted by atomic mass is 19.1. The van der Waals surface area contributed by atoms with Gasteiger partial charge >= 0.3 is 0 Å². The number of benzene rings is 2. The molecule has 1 aromatic heterocycles. The number of carbonyl (C=O) groups excluding carboxylic acids is 1. The predicted molar refractivity (Wildman–Crippen MR) is 89.8 cm³/mol. The Hall–Kier alpha value is -3.21. The summed E-state index contributed by atoms with van der Waals surface area (Å²) >= 11 is 0. The van der Waals surface area contributed by atoms with Crippen LogP contribution in [0, 0.1) is 12.9 Å². The molecule has 0 saturated heterocycles. The van der Waals surface area contributed by atoms with Gasteiger partial charge in [-0.25, -0.2) is 4.98 Å². The summed E-state index contributed by atoms with van der Waals surface area (Å²) in [7, 11) is 0. The summed E-state index contributed by atoms with van der Waals surface area (Å²) in [5.41, 5.74) is 1.82. The van der Waals surface area contributed by atoms with Gasteiger partial charge in [-0.1, -0.05) is 29.8 Å². The second-order valence-electron chi connectivity index (χ2n) is 5.23. The van der Waals surface area contributed by atoms with E-state index < -0.39 is 11.9 Å². The zero-order valence-electron chi connectivity index (χ0n) is 13.0. The average molecular weight is 322 g/mol. The Morgan fingerprint density at radius 1 is 1.08 bits per heavy atom. The zero-order chi connectivity index (χ0) is 16.9. The number of carbonyl (C=O) groups is 1. The molecule has 1 N–H and O–H groups in total. The van der Waals surface area contributed by atoms with Gasteiger partial charge < -0.3 is 10.1 Å². The highest BCUT2D eigenvalue weighted by Gasteiger charge is 2.11. The van der Waals surface area contributed by atoms with Crippen LogP contribution in [0.3, 0.4) is 0 Å². The molecule has 4 nitrogen and oxygen atoms in total. The predicted octanol–water partition coefficient (Wildman–Crippen LogP) is 4.57. The van der Waals surface area contributed by atoms with Gasteiger partial charge in [-0.2, -0.15) is 4.39 Å². The van der Waals surface area contributed by atoms with E-state index in [4.69, 9.17) is 4.74 Å². The molecule has 0 aliphatic heterocycles. The number of pyridine rings is 1. The summed E-state index contributed by atoms with van der Waals surface area (Å²) in [6, 6.07) is 17.2. The molecule has 0 unspecified atom stereocenters. The number of nitrogens with one attached hydrogen (secondary N) is 1. The number of rotatable bonds is 4. The van der Waals surface area contributed by atoms with Crippen molar-refractivity contribution >= 4 is 11.6 Å². The first kappa shape index (κ1) is 15.7. The molecule has 0 fully saturated rings. The summed E-state index contributed by atoms with van der Waals surface area (Å²) in [5, 5.41) is 2.73. The summed E-state index contributed by atoms with van der Waals surface area (Å²) in [5.74, 6) is 0.0320. The molecule has 0 aliphatic rings. The van der Waals surface area contributed by atoms with Gasteiger partial charge in [0.25, 0.3) is 5.91 Å². The first-order chi connectivity index (χ1) is 11.6. The van der Waals surface area contributed by atoms with Gasteiger partial charge in [-0.15, -0.1) is 0 Å². The van der Waals surface area contributed by atoms with Crippen LogP contribution in [0.2, 0.25) is 0 Å². The van der Waals surface area contributed by atoms with E-state index in [1.807, 2.05) is 37.3 Å². The Labute approximate surface area is 138 Å². The van der Waals surface area contributed by atoms with Crippen molar-refractivity contribution in [3.05, 3.63) is 83.9 Å². The normalized spacial score (nSPS) is 10.2. The molecule has 1 heterocycles. The van der Waals surface area contributed by atoms with Gasteiger partial charge in [0.2, 0.25) is 5.95 Å². The van der Waals surface area contributed by atoms with E-state index in [2.05, 4.69) is 10.3 Å². The molecule has 120 valence electrons. The highest BCUT2D eigenvalue weighted by molar-refractivity contribution is 6.04. The molecule has 3 aromatic rings. The van der Waals surface area contributed by atoms with Crippen molar-refractivity contribution < 1.29 is 13.9 Å². The lowest BCUT2D eigenvalue weighted by molar-refractivity contribution is 0.102. The first-order valence-electron chi connectivity index (χ1n) is 7.38. The Kier molecular flexibility index (Phi) is 4.52. The van der Waals surface area contributed by atoms with E-state index in [9.17, 15) is 9.18 Å². The fourth-order valence-electron chi connectivity index (χ4n) is 2.13. The van der Waals surface area contributed by atoms with E-state index >= 15 is 0 Å². The lowest BCUT2D eigenvalue weighted by Crippen LogP contribution is -2.13.